The third-order valence-electron chi connectivity index (χ3n) is 5.80. The number of anilines is 1. The van der Waals surface area contributed by atoms with Crippen LogP contribution in [0.1, 0.15) is 33.9 Å². The Hall–Kier alpha value is -4.46. The maximum absolute atomic E-state index is 12.8. The number of ether oxygens (including phenoxy) is 1. The van der Waals surface area contributed by atoms with Gasteiger partial charge in [-0.05, 0) is 74.4 Å². The summed E-state index contributed by atoms with van der Waals surface area (Å²) in [6, 6.07) is 18.5. The Morgan fingerprint density at radius 3 is 2.69 bits per heavy atom. The molecule has 0 radical (unpaired) electrons. The Labute approximate surface area is 203 Å². The second-order valence-corrected chi connectivity index (χ2v) is 8.25. The van der Waals surface area contributed by atoms with E-state index in [1.807, 2.05) is 57.9 Å². The summed E-state index contributed by atoms with van der Waals surface area (Å²) in [6.45, 7) is 3.29. The number of hydrogen-bond donors (Lipinski definition) is 1. The normalized spacial score (nSPS) is 11.0. The highest BCUT2D eigenvalue weighted by Gasteiger charge is 2.11. The van der Waals surface area contributed by atoms with Crippen molar-refractivity contribution >= 4 is 17.2 Å². The van der Waals surface area contributed by atoms with Crippen LogP contribution in [0.4, 0.5) is 5.69 Å². The average Bonchev–Trinajstić information content (AvgIpc) is 3.52. The number of carbonyl (C=O) groups is 1. The third kappa shape index (κ3) is 5.38. The Bertz CT molecular complexity index is 1410. The number of rotatable bonds is 9. The molecule has 1 amide bonds. The van der Waals surface area contributed by atoms with Gasteiger partial charge in [-0.25, -0.2) is 4.98 Å². The molecule has 35 heavy (non-hydrogen) atoms. The van der Waals surface area contributed by atoms with Gasteiger partial charge in [0.25, 0.3) is 5.91 Å². The highest BCUT2D eigenvalue weighted by atomic mass is 16.5. The van der Waals surface area contributed by atoms with Crippen LogP contribution in [-0.2, 0) is 19.6 Å². The van der Waals surface area contributed by atoms with E-state index in [2.05, 4.69) is 22.3 Å². The predicted molar refractivity (Wildman–Crippen MR) is 133 cm³/mol. The van der Waals surface area contributed by atoms with Crippen molar-refractivity contribution in [3.63, 3.8) is 0 Å². The van der Waals surface area contributed by atoms with Gasteiger partial charge in [0.2, 0.25) is 0 Å². The number of benzene rings is 1. The van der Waals surface area contributed by atoms with Gasteiger partial charge >= 0.3 is 0 Å². The minimum Gasteiger partial charge on any atom is -0.487 e. The van der Waals surface area contributed by atoms with Crippen molar-refractivity contribution in [3.05, 3.63) is 108 Å². The summed E-state index contributed by atoms with van der Waals surface area (Å²) in [6.07, 6.45) is 9.23. The largest absolute Gasteiger partial charge is 0.487 e. The predicted octanol–water partition coefficient (Wildman–Crippen LogP) is 4.70. The van der Waals surface area contributed by atoms with Gasteiger partial charge in [0, 0.05) is 42.6 Å². The summed E-state index contributed by atoms with van der Waals surface area (Å²) in [5.41, 5.74) is 5.11. The van der Waals surface area contributed by atoms with E-state index in [1.165, 1.54) is 0 Å². The topological polar surface area (TPSA) is 86.3 Å². The van der Waals surface area contributed by atoms with Gasteiger partial charge in [-0.1, -0.05) is 6.07 Å². The standard InChI is InChI=1S/C27H26N6O2/c1-20-25(7-4-16-32-17-5-15-29-32)31-26-13-10-22(18-33(20)26)30-27(34)21-8-11-24(12-9-21)35-19-23-6-2-3-14-28-23/h2-3,5-6,8-15,17-18H,4,7,16,19H2,1H3,(H,30,34). The zero-order valence-electron chi connectivity index (χ0n) is 19.5. The molecule has 0 fully saturated rings. The quantitative estimate of drug-likeness (QED) is 0.340. The Morgan fingerprint density at radius 1 is 1.03 bits per heavy atom. The maximum Gasteiger partial charge on any atom is 0.255 e. The van der Waals surface area contributed by atoms with Gasteiger partial charge < -0.3 is 14.5 Å². The van der Waals surface area contributed by atoms with Gasteiger partial charge in [0.05, 0.1) is 17.1 Å². The van der Waals surface area contributed by atoms with Crippen LogP contribution in [0.3, 0.4) is 0 Å². The summed E-state index contributed by atoms with van der Waals surface area (Å²) < 4.78 is 9.70. The van der Waals surface area contributed by atoms with E-state index in [0.29, 0.717) is 23.6 Å². The van der Waals surface area contributed by atoms with E-state index in [1.54, 1.807) is 36.7 Å². The molecular formula is C27H26N6O2. The fourth-order valence-electron chi connectivity index (χ4n) is 3.91. The van der Waals surface area contributed by atoms with Crippen LogP contribution >= 0.6 is 0 Å². The Kier molecular flexibility index (Phi) is 6.52. The summed E-state index contributed by atoms with van der Waals surface area (Å²) in [5.74, 6) is 0.501. The van der Waals surface area contributed by atoms with Crippen LogP contribution < -0.4 is 10.1 Å². The van der Waals surface area contributed by atoms with E-state index in [9.17, 15) is 4.79 Å². The van der Waals surface area contributed by atoms with Crippen molar-refractivity contribution in [2.45, 2.75) is 32.9 Å². The molecule has 0 spiro atoms. The van der Waals surface area contributed by atoms with Crippen molar-refractivity contribution in [1.82, 2.24) is 24.1 Å². The molecule has 8 nitrogen and oxygen atoms in total. The molecular weight excluding hydrogens is 440 g/mol. The maximum atomic E-state index is 12.8. The number of aryl methyl sites for hydroxylation is 3. The minimum absolute atomic E-state index is 0.183. The highest BCUT2D eigenvalue weighted by molar-refractivity contribution is 6.04. The van der Waals surface area contributed by atoms with E-state index >= 15 is 0 Å². The summed E-state index contributed by atoms with van der Waals surface area (Å²) >= 11 is 0. The van der Waals surface area contributed by atoms with Gasteiger partial charge in [-0.15, -0.1) is 0 Å². The van der Waals surface area contributed by atoms with E-state index in [0.717, 1.165) is 42.1 Å². The Morgan fingerprint density at radius 2 is 1.91 bits per heavy atom. The van der Waals surface area contributed by atoms with Crippen molar-refractivity contribution in [3.8, 4) is 5.75 Å². The molecule has 1 N–H and O–H groups in total. The molecule has 0 aliphatic carbocycles. The highest BCUT2D eigenvalue weighted by Crippen LogP contribution is 2.19. The molecule has 5 aromatic rings. The molecule has 0 atom stereocenters. The number of fused-ring (bicyclic) bond motifs is 1. The molecule has 0 saturated heterocycles. The first-order chi connectivity index (χ1) is 17.2. The lowest BCUT2D eigenvalue weighted by atomic mass is 10.2. The number of aromatic nitrogens is 5. The molecule has 1 aromatic carbocycles. The number of nitrogens with one attached hydrogen (secondary N) is 1. The van der Waals surface area contributed by atoms with Crippen LogP contribution in [0.5, 0.6) is 5.75 Å². The third-order valence-corrected chi connectivity index (χ3v) is 5.80. The van der Waals surface area contributed by atoms with Crippen LogP contribution in [0.25, 0.3) is 5.65 Å². The zero-order valence-corrected chi connectivity index (χ0v) is 19.5. The van der Waals surface area contributed by atoms with Crippen molar-refractivity contribution in [2.24, 2.45) is 0 Å². The van der Waals surface area contributed by atoms with Crippen LogP contribution in [0.2, 0.25) is 0 Å². The molecule has 4 heterocycles. The van der Waals surface area contributed by atoms with Crippen LogP contribution in [0, 0.1) is 6.92 Å². The van der Waals surface area contributed by atoms with Crippen molar-refractivity contribution < 1.29 is 9.53 Å². The lowest BCUT2D eigenvalue weighted by molar-refractivity contribution is 0.102. The first-order valence-electron chi connectivity index (χ1n) is 11.5. The molecule has 4 aromatic heterocycles. The second kappa shape index (κ2) is 10.2. The van der Waals surface area contributed by atoms with Gasteiger partial charge in [0.15, 0.2) is 0 Å². The number of pyridine rings is 2. The monoisotopic (exact) mass is 466 g/mol. The molecule has 0 unspecified atom stereocenters. The van der Waals surface area contributed by atoms with Gasteiger partial charge in [-0.3, -0.25) is 14.5 Å². The van der Waals surface area contributed by atoms with E-state index in [4.69, 9.17) is 9.72 Å². The van der Waals surface area contributed by atoms with Crippen molar-refractivity contribution in [2.75, 3.05) is 5.32 Å². The number of nitrogens with zero attached hydrogens (tertiary/aromatic N) is 5. The molecule has 176 valence electrons. The lowest BCUT2D eigenvalue weighted by Gasteiger charge is -2.08. The number of hydrogen-bond acceptors (Lipinski definition) is 5. The van der Waals surface area contributed by atoms with E-state index < -0.39 is 0 Å². The molecule has 5 rings (SSSR count). The first kappa shape index (κ1) is 22.3. The van der Waals surface area contributed by atoms with E-state index in [-0.39, 0.29) is 5.91 Å². The van der Waals surface area contributed by atoms with Crippen LogP contribution in [0.15, 0.2) is 85.5 Å². The SMILES string of the molecule is Cc1c(CCCn2cccn2)nc2ccc(NC(=O)c3ccc(OCc4ccccn4)cc3)cn12. The molecule has 0 aliphatic rings. The molecule has 0 bridgehead atoms. The molecule has 0 aliphatic heterocycles. The minimum atomic E-state index is -0.183. The Balaban J connectivity index is 1.20. The average molecular weight is 467 g/mol. The second-order valence-electron chi connectivity index (χ2n) is 8.25. The fraction of sp³-hybridized carbons (Fsp3) is 0.185. The summed E-state index contributed by atoms with van der Waals surface area (Å²) in [5, 5.41) is 7.22. The van der Waals surface area contributed by atoms with Crippen molar-refractivity contribution in [1.29, 1.82) is 0 Å². The van der Waals surface area contributed by atoms with Gasteiger partial charge in [-0.2, -0.15) is 5.10 Å². The molecule has 0 saturated carbocycles. The fourth-order valence-corrected chi connectivity index (χ4v) is 3.91. The number of carbonyl (C=O) groups excluding carboxylic acids is 1. The number of imidazole rings is 1. The summed E-state index contributed by atoms with van der Waals surface area (Å²) in [4.78, 5) is 21.8. The zero-order chi connectivity index (χ0) is 24.0. The summed E-state index contributed by atoms with van der Waals surface area (Å²) in [7, 11) is 0. The number of amides is 1. The lowest BCUT2D eigenvalue weighted by Crippen LogP contribution is -2.12. The molecule has 8 heteroatoms. The van der Waals surface area contributed by atoms with Crippen LogP contribution in [-0.4, -0.2) is 30.1 Å². The van der Waals surface area contributed by atoms with Gasteiger partial charge in [0.1, 0.15) is 18.0 Å². The smallest absolute Gasteiger partial charge is 0.255 e. The first-order valence-corrected chi connectivity index (χ1v) is 11.5.